The summed E-state index contributed by atoms with van der Waals surface area (Å²) < 4.78 is 5.19. The Hall–Kier alpha value is -0.650. The van der Waals surface area contributed by atoms with E-state index in [1.54, 1.807) is 0 Å². The molecule has 0 fully saturated rings. The Kier molecular flexibility index (Phi) is 25.5. The van der Waals surface area contributed by atoms with Crippen LogP contribution in [0.15, 0.2) is 0 Å². The standard InChI is InChI=1S/C28H56O5/c1-4-6-8-10-12-14-16-18-20-22-24-27(30)32-33-28(31-26(3)29)25-23-21-19-17-15-13-11-9-7-5-2/h27-28,30H,4-25H2,1-3H3. The molecule has 198 valence electrons. The molecule has 2 atom stereocenters. The van der Waals surface area contributed by atoms with Crippen molar-refractivity contribution in [3.63, 3.8) is 0 Å². The summed E-state index contributed by atoms with van der Waals surface area (Å²) in [5.74, 6) is -0.389. The summed E-state index contributed by atoms with van der Waals surface area (Å²) in [6.07, 6.45) is 24.5. The molecule has 0 bridgehead atoms. The topological polar surface area (TPSA) is 65.0 Å². The van der Waals surface area contributed by atoms with E-state index in [4.69, 9.17) is 14.5 Å². The van der Waals surface area contributed by atoms with E-state index < -0.39 is 12.6 Å². The molecule has 0 amide bonds. The molecule has 0 radical (unpaired) electrons. The van der Waals surface area contributed by atoms with Crippen molar-refractivity contribution in [2.45, 2.75) is 175 Å². The molecule has 0 saturated heterocycles. The molecule has 5 nitrogen and oxygen atoms in total. The molecule has 33 heavy (non-hydrogen) atoms. The summed E-state index contributed by atoms with van der Waals surface area (Å²) in [6, 6.07) is 0. The van der Waals surface area contributed by atoms with Gasteiger partial charge in [-0.2, -0.15) is 4.89 Å². The fourth-order valence-corrected chi connectivity index (χ4v) is 4.09. The Morgan fingerprint density at radius 1 is 0.576 bits per heavy atom. The quantitative estimate of drug-likeness (QED) is 0.0448. The fraction of sp³-hybridized carbons (Fsp3) is 0.964. The molecule has 2 unspecified atom stereocenters. The summed E-state index contributed by atoms with van der Waals surface area (Å²) in [4.78, 5) is 21.7. The zero-order chi connectivity index (χ0) is 24.4. The van der Waals surface area contributed by atoms with Crippen LogP contribution < -0.4 is 0 Å². The van der Waals surface area contributed by atoms with Crippen molar-refractivity contribution in [1.82, 2.24) is 0 Å². The molecule has 0 aromatic heterocycles. The summed E-state index contributed by atoms with van der Waals surface area (Å²) in [6.45, 7) is 5.87. The van der Waals surface area contributed by atoms with Gasteiger partial charge >= 0.3 is 5.97 Å². The van der Waals surface area contributed by atoms with Crippen molar-refractivity contribution in [2.75, 3.05) is 0 Å². The number of unbranched alkanes of at least 4 members (excludes halogenated alkanes) is 18. The van der Waals surface area contributed by atoms with Crippen molar-refractivity contribution in [2.24, 2.45) is 0 Å². The molecule has 0 aliphatic carbocycles. The Balaban J connectivity index is 3.69. The number of ether oxygens (including phenoxy) is 1. The predicted molar refractivity (Wildman–Crippen MR) is 137 cm³/mol. The molecule has 5 heteroatoms. The van der Waals surface area contributed by atoms with E-state index in [0.717, 1.165) is 25.7 Å². The van der Waals surface area contributed by atoms with Crippen LogP contribution >= 0.6 is 0 Å². The van der Waals surface area contributed by atoms with Crippen LogP contribution in [0.5, 0.6) is 0 Å². The summed E-state index contributed by atoms with van der Waals surface area (Å²) >= 11 is 0. The lowest BCUT2D eigenvalue weighted by molar-refractivity contribution is -0.424. The molecule has 0 aromatic rings. The number of aliphatic hydroxyl groups excluding tert-OH is 1. The third-order valence-corrected chi connectivity index (χ3v) is 6.17. The molecule has 0 saturated carbocycles. The summed E-state index contributed by atoms with van der Waals surface area (Å²) in [5.41, 5.74) is 0. The zero-order valence-corrected chi connectivity index (χ0v) is 22.3. The lowest BCUT2D eigenvalue weighted by atomic mass is 10.1. The minimum atomic E-state index is -0.968. The van der Waals surface area contributed by atoms with E-state index in [0.29, 0.717) is 12.8 Å². The van der Waals surface area contributed by atoms with Gasteiger partial charge in [0.1, 0.15) is 0 Å². The second-order valence-corrected chi connectivity index (χ2v) is 9.63. The van der Waals surface area contributed by atoms with Crippen LogP contribution in [0.1, 0.15) is 162 Å². The first-order valence-electron chi connectivity index (χ1n) is 14.3. The highest BCUT2D eigenvalue weighted by Gasteiger charge is 2.16. The number of carbonyl (C=O) groups is 1. The van der Waals surface area contributed by atoms with Crippen molar-refractivity contribution in [3.8, 4) is 0 Å². The highest BCUT2D eigenvalue weighted by molar-refractivity contribution is 5.66. The smallest absolute Gasteiger partial charge is 0.305 e. The van der Waals surface area contributed by atoms with Crippen LogP contribution in [-0.2, 0) is 19.3 Å². The van der Waals surface area contributed by atoms with Gasteiger partial charge in [0.05, 0.1) is 0 Å². The Morgan fingerprint density at radius 2 is 0.939 bits per heavy atom. The Bertz CT molecular complexity index is 402. The van der Waals surface area contributed by atoms with E-state index in [1.165, 1.54) is 110 Å². The first-order chi connectivity index (χ1) is 16.1. The highest BCUT2D eigenvalue weighted by atomic mass is 17.2. The third-order valence-electron chi connectivity index (χ3n) is 6.17. The largest absolute Gasteiger partial charge is 0.433 e. The van der Waals surface area contributed by atoms with Crippen LogP contribution in [0.4, 0.5) is 0 Å². The van der Waals surface area contributed by atoms with E-state index in [-0.39, 0.29) is 5.97 Å². The first kappa shape index (κ1) is 32.4. The number of esters is 1. The molecule has 0 rings (SSSR count). The van der Waals surface area contributed by atoms with Crippen molar-refractivity contribution >= 4 is 5.97 Å². The maximum absolute atomic E-state index is 11.3. The normalized spacial score (nSPS) is 13.2. The van der Waals surface area contributed by atoms with Crippen molar-refractivity contribution in [3.05, 3.63) is 0 Å². The van der Waals surface area contributed by atoms with Gasteiger partial charge in [0.2, 0.25) is 6.29 Å². The molecule has 0 aliphatic heterocycles. The summed E-state index contributed by atoms with van der Waals surface area (Å²) in [5, 5.41) is 10.0. The monoisotopic (exact) mass is 472 g/mol. The van der Waals surface area contributed by atoms with Crippen molar-refractivity contribution in [1.29, 1.82) is 0 Å². The van der Waals surface area contributed by atoms with Crippen molar-refractivity contribution < 1.29 is 24.4 Å². The van der Waals surface area contributed by atoms with Gasteiger partial charge in [0.15, 0.2) is 6.29 Å². The minimum absolute atomic E-state index is 0.389. The summed E-state index contributed by atoms with van der Waals surface area (Å²) in [7, 11) is 0. The number of carbonyl (C=O) groups excluding carboxylic acids is 1. The fourth-order valence-electron chi connectivity index (χ4n) is 4.09. The average Bonchev–Trinajstić information content (AvgIpc) is 2.79. The van der Waals surface area contributed by atoms with Gasteiger partial charge in [-0.05, 0) is 12.8 Å². The second-order valence-electron chi connectivity index (χ2n) is 9.63. The lowest BCUT2D eigenvalue weighted by Gasteiger charge is -2.18. The van der Waals surface area contributed by atoms with Gasteiger partial charge in [-0.1, -0.05) is 129 Å². The van der Waals surface area contributed by atoms with Crippen LogP contribution in [0.2, 0.25) is 0 Å². The van der Waals surface area contributed by atoms with Crippen LogP contribution in [-0.4, -0.2) is 23.7 Å². The van der Waals surface area contributed by atoms with Gasteiger partial charge in [0.25, 0.3) is 0 Å². The van der Waals surface area contributed by atoms with Gasteiger partial charge in [-0.15, -0.1) is 0 Å². The molecular weight excluding hydrogens is 416 g/mol. The van der Waals surface area contributed by atoms with Crippen LogP contribution in [0.25, 0.3) is 0 Å². The van der Waals surface area contributed by atoms with E-state index in [2.05, 4.69) is 13.8 Å². The maximum atomic E-state index is 11.3. The van der Waals surface area contributed by atoms with Crippen LogP contribution in [0, 0.1) is 0 Å². The van der Waals surface area contributed by atoms with Crippen LogP contribution in [0.3, 0.4) is 0 Å². The first-order valence-corrected chi connectivity index (χ1v) is 14.3. The average molecular weight is 473 g/mol. The van der Waals surface area contributed by atoms with Gasteiger partial charge in [0, 0.05) is 19.8 Å². The molecule has 0 spiro atoms. The third kappa shape index (κ3) is 25.8. The molecular formula is C28H56O5. The van der Waals surface area contributed by atoms with Gasteiger partial charge in [-0.25, -0.2) is 4.89 Å². The molecule has 0 aliphatic rings. The van der Waals surface area contributed by atoms with Gasteiger partial charge < -0.3 is 9.84 Å². The zero-order valence-electron chi connectivity index (χ0n) is 22.3. The van der Waals surface area contributed by atoms with E-state index >= 15 is 0 Å². The number of aliphatic hydroxyl groups is 1. The maximum Gasteiger partial charge on any atom is 0.305 e. The second kappa shape index (κ2) is 26.0. The highest BCUT2D eigenvalue weighted by Crippen LogP contribution is 2.16. The minimum Gasteiger partial charge on any atom is -0.433 e. The Morgan fingerprint density at radius 3 is 1.33 bits per heavy atom. The number of hydrogen-bond donors (Lipinski definition) is 1. The lowest BCUT2D eigenvalue weighted by Crippen LogP contribution is -2.24. The number of hydrogen-bond acceptors (Lipinski definition) is 5. The number of rotatable bonds is 26. The SMILES string of the molecule is CCCCCCCCCCCCC(O)OOC(CCCCCCCCCCCC)OC(C)=O. The molecule has 1 N–H and O–H groups in total. The molecule has 0 heterocycles. The Labute approximate surface area is 205 Å². The predicted octanol–water partition coefficient (Wildman–Crippen LogP) is 8.76. The molecule has 0 aromatic carbocycles. The van der Waals surface area contributed by atoms with Gasteiger partial charge in [-0.3, -0.25) is 4.79 Å². The van der Waals surface area contributed by atoms with E-state index in [9.17, 15) is 9.90 Å². The van der Waals surface area contributed by atoms with E-state index in [1.807, 2.05) is 0 Å².